The number of hydrogen-bond donors (Lipinski definition) is 0. The lowest BCUT2D eigenvalue weighted by Gasteiger charge is -2.09. The summed E-state index contributed by atoms with van der Waals surface area (Å²) in [7, 11) is 0. The molecule has 0 saturated heterocycles. The fourth-order valence-electron chi connectivity index (χ4n) is 2.28. The summed E-state index contributed by atoms with van der Waals surface area (Å²) in [6.07, 6.45) is 0.463. The van der Waals surface area contributed by atoms with Crippen LogP contribution in [0.15, 0.2) is 36.4 Å². The lowest BCUT2D eigenvalue weighted by Crippen LogP contribution is -2.02. The summed E-state index contributed by atoms with van der Waals surface area (Å²) in [4.78, 5) is 4.30. The average molecular weight is 327 g/mol. The van der Waals surface area contributed by atoms with Crippen LogP contribution in [0.2, 0.25) is 5.02 Å². The number of nitrogens with zero attached hydrogens (tertiary/aromatic N) is 2. The molecule has 1 heterocycles. The summed E-state index contributed by atoms with van der Waals surface area (Å²) < 4.78 is 29.0. The van der Waals surface area contributed by atoms with Crippen molar-refractivity contribution in [2.24, 2.45) is 0 Å². The minimum absolute atomic E-state index is 0.00239. The number of rotatable bonds is 3. The highest BCUT2D eigenvalue weighted by Gasteiger charge is 2.15. The summed E-state index contributed by atoms with van der Waals surface area (Å²) in [6.45, 7) is 0. The normalized spacial score (nSPS) is 11.2. The Balaban J connectivity index is 2.30. The van der Waals surface area contributed by atoms with Gasteiger partial charge in [0.1, 0.15) is 17.2 Å². The molecule has 3 aromatic rings. The number of aryl methyl sites for hydroxylation is 1. The van der Waals surface area contributed by atoms with Crippen LogP contribution in [0.1, 0.15) is 5.82 Å². The largest absolute Gasteiger partial charge is 0.296 e. The molecule has 0 saturated carbocycles. The minimum atomic E-state index is -0.505. The quantitative estimate of drug-likeness (QED) is 0.636. The second kappa shape index (κ2) is 5.62. The van der Waals surface area contributed by atoms with Gasteiger partial charge < -0.3 is 0 Å². The molecular formula is C15H10Cl2F2N2. The zero-order valence-corrected chi connectivity index (χ0v) is 12.3. The molecule has 0 unspecified atom stereocenters. The molecule has 108 valence electrons. The summed E-state index contributed by atoms with van der Waals surface area (Å²) in [6, 6.07) is 9.03. The molecule has 0 atom stereocenters. The third-order valence-electron chi connectivity index (χ3n) is 3.18. The summed E-state index contributed by atoms with van der Waals surface area (Å²) >= 11 is 11.6. The van der Waals surface area contributed by atoms with Crippen LogP contribution in [0.4, 0.5) is 8.78 Å². The van der Waals surface area contributed by atoms with Gasteiger partial charge in [-0.2, -0.15) is 0 Å². The van der Waals surface area contributed by atoms with Gasteiger partial charge in [-0.1, -0.05) is 17.7 Å². The number of para-hydroxylation sites is 1. The molecule has 2 nitrogen and oxygen atoms in total. The number of fused-ring (bicyclic) bond motifs is 1. The first kappa shape index (κ1) is 14.3. The van der Waals surface area contributed by atoms with E-state index in [1.54, 1.807) is 22.8 Å². The van der Waals surface area contributed by atoms with Crippen LogP contribution in [0, 0.1) is 11.6 Å². The number of aromatic nitrogens is 2. The van der Waals surface area contributed by atoms with Gasteiger partial charge in [0.05, 0.1) is 10.5 Å². The second-order valence-corrected chi connectivity index (χ2v) is 5.29. The molecule has 0 amide bonds. The summed E-state index contributed by atoms with van der Waals surface area (Å²) in [5.41, 5.74) is 1.48. The zero-order valence-electron chi connectivity index (χ0n) is 10.8. The highest BCUT2D eigenvalue weighted by molar-refractivity contribution is 6.30. The maximum absolute atomic E-state index is 13.9. The predicted octanol–water partition coefficient (Wildman–Crippen LogP) is 4.74. The fourth-order valence-corrected chi connectivity index (χ4v) is 2.62. The minimum Gasteiger partial charge on any atom is -0.296 e. The van der Waals surface area contributed by atoms with Crippen LogP contribution in [0.3, 0.4) is 0 Å². The molecular weight excluding hydrogens is 317 g/mol. The van der Waals surface area contributed by atoms with E-state index in [0.29, 0.717) is 29.3 Å². The average Bonchev–Trinajstić information content (AvgIpc) is 2.82. The van der Waals surface area contributed by atoms with Gasteiger partial charge in [-0.3, -0.25) is 4.57 Å². The molecule has 0 bridgehead atoms. The predicted molar refractivity (Wildman–Crippen MR) is 80.4 cm³/mol. The van der Waals surface area contributed by atoms with E-state index in [-0.39, 0.29) is 10.5 Å². The van der Waals surface area contributed by atoms with Crippen molar-refractivity contribution in [2.45, 2.75) is 6.42 Å². The van der Waals surface area contributed by atoms with Gasteiger partial charge in [0, 0.05) is 18.0 Å². The van der Waals surface area contributed by atoms with E-state index in [1.165, 1.54) is 18.2 Å². The summed E-state index contributed by atoms with van der Waals surface area (Å²) in [5.74, 6) is 0.0397. The lowest BCUT2D eigenvalue weighted by atomic mass is 10.2. The van der Waals surface area contributed by atoms with Crippen LogP contribution in [0.25, 0.3) is 16.7 Å². The Hall–Kier alpha value is -1.65. The Bertz CT molecular complexity index is 815. The van der Waals surface area contributed by atoms with Gasteiger partial charge in [0.15, 0.2) is 5.82 Å². The molecule has 0 fully saturated rings. The zero-order chi connectivity index (χ0) is 15.0. The maximum atomic E-state index is 13.9. The van der Waals surface area contributed by atoms with Crippen molar-refractivity contribution in [1.82, 2.24) is 9.55 Å². The smallest absolute Gasteiger partial charge is 0.151 e. The molecule has 0 N–H and O–H groups in total. The third kappa shape index (κ3) is 2.49. The monoisotopic (exact) mass is 326 g/mol. The molecule has 6 heteroatoms. The number of halogens is 4. The van der Waals surface area contributed by atoms with Gasteiger partial charge in [-0.15, -0.1) is 11.6 Å². The number of benzene rings is 2. The highest BCUT2D eigenvalue weighted by Crippen LogP contribution is 2.26. The van der Waals surface area contributed by atoms with E-state index < -0.39 is 11.6 Å². The standard InChI is InChI=1S/C15H10Cl2F2N2/c16-7-6-14-20-15-12(19)2-1-3-13(15)21(14)9-4-5-11(18)10(17)8-9/h1-5,8H,6-7H2. The van der Waals surface area contributed by atoms with E-state index in [0.717, 1.165) is 0 Å². The number of alkyl halides is 1. The highest BCUT2D eigenvalue weighted by atomic mass is 35.5. The Morgan fingerprint density at radius 3 is 2.62 bits per heavy atom. The molecule has 21 heavy (non-hydrogen) atoms. The first-order valence-electron chi connectivity index (χ1n) is 6.29. The Labute approximate surface area is 129 Å². The number of hydrogen-bond acceptors (Lipinski definition) is 1. The van der Waals surface area contributed by atoms with E-state index in [2.05, 4.69) is 4.98 Å². The molecule has 0 aliphatic rings. The topological polar surface area (TPSA) is 17.8 Å². The lowest BCUT2D eigenvalue weighted by molar-refractivity contribution is 0.627. The van der Waals surface area contributed by atoms with Gasteiger partial charge >= 0.3 is 0 Å². The van der Waals surface area contributed by atoms with Crippen LogP contribution in [0.5, 0.6) is 0 Å². The molecule has 1 aromatic heterocycles. The van der Waals surface area contributed by atoms with Crippen LogP contribution >= 0.6 is 23.2 Å². The Morgan fingerprint density at radius 1 is 1.10 bits per heavy atom. The molecule has 0 radical (unpaired) electrons. The van der Waals surface area contributed by atoms with Crippen molar-refractivity contribution >= 4 is 34.2 Å². The Kier molecular flexibility index (Phi) is 3.83. The summed E-state index contributed by atoms with van der Waals surface area (Å²) in [5, 5.41) is 0.00239. The van der Waals surface area contributed by atoms with Crippen LogP contribution < -0.4 is 0 Å². The molecule has 2 aromatic carbocycles. The van der Waals surface area contributed by atoms with Crippen LogP contribution in [-0.4, -0.2) is 15.4 Å². The first-order chi connectivity index (χ1) is 10.1. The SMILES string of the molecule is Fc1ccc(-n2c(CCCl)nc3c(F)cccc32)cc1Cl. The van der Waals surface area contributed by atoms with Crippen LogP contribution in [-0.2, 0) is 6.42 Å². The molecule has 0 aliphatic heterocycles. The molecule has 3 rings (SSSR count). The molecule has 0 spiro atoms. The third-order valence-corrected chi connectivity index (χ3v) is 3.66. The molecule has 0 aliphatic carbocycles. The van der Waals surface area contributed by atoms with Gasteiger partial charge in [-0.25, -0.2) is 13.8 Å². The van der Waals surface area contributed by atoms with Crippen molar-refractivity contribution in [3.8, 4) is 5.69 Å². The van der Waals surface area contributed by atoms with E-state index in [9.17, 15) is 8.78 Å². The van der Waals surface area contributed by atoms with E-state index in [1.807, 2.05) is 0 Å². The fraction of sp³-hybridized carbons (Fsp3) is 0.133. The van der Waals surface area contributed by atoms with Gasteiger partial charge in [0.25, 0.3) is 0 Å². The maximum Gasteiger partial charge on any atom is 0.151 e. The van der Waals surface area contributed by atoms with Crippen molar-refractivity contribution in [1.29, 1.82) is 0 Å². The van der Waals surface area contributed by atoms with E-state index in [4.69, 9.17) is 23.2 Å². The first-order valence-corrected chi connectivity index (χ1v) is 7.20. The van der Waals surface area contributed by atoms with Gasteiger partial charge in [-0.05, 0) is 30.3 Å². The van der Waals surface area contributed by atoms with Gasteiger partial charge in [0.2, 0.25) is 0 Å². The van der Waals surface area contributed by atoms with Crippen molar-refractivity contribution in [3.05, 3.63) is 58.9 Å². The van der Waals surface area contributed by atoms with Crippen molar-refractivity contribution in [2.75, 3.05) is 5.88 Å². The number of imidazole rings is 1. The van der Waals surface area contributed by atoms with E-state index >= 15 is 0 Å². The van der Waals surface area contributed by atoms with Crippen molar-refractivity contribution in [3.63, 3.8) is 0 Å². The second-order valence-electron chi connectivity index (χ2n) is 4.51. The Morgan fingerprint density at radius 2 is 1.90 bits per heavy atom. The van der Waals surface area contributed by atoms with Crippen molar-refractivity contribution < 1.29 is 8.78 Å².